The van der Waals surface area contributed by atoms with Crippen molar-refractivity contribution in [2.45, 2.75) is 12.3 Å². The molecule has 3 rings (SSSR count). The van der Waals surface area contributed by atoms with E-state index in [-0.39, 0.29) is 29.1 Å². The molecule has 0 unspecified atom stereocenters. The molecule has 0 spiro atoms. The van der Waals surface area contributed by atoms with Crippen molar-refractivity contribution < 1.29 is 28.2 Å². The molecule has 0 aliphatic rings. The highest BCUT2D eigenvalue weighted by molar-refractivity contribution is 5.94. The Balaban J connectivity index is 2.09. The van der Waals surface area contributed by atoms with Crippen molar-refractivity contribution in [3.63, 3.8) is 0 Å². The molecule has 3 N–H and O–H groups in total. The number of alkyl halides is 3. The molecule has 2 aromatic heterocycles. The number of nitrogens with zero attached hydrogens (tertiary/aromatic N) is 3. The van der Waals surface area contributed by atoms with Crippen molar-refractivity contribution in [2.75, 3.05) is 13.2 Å². The van der Waals surface area contributed by atoms with Crippen LogP contribution in [0.3, 0.4) is 0 Å². The van der Waals surface area contributed by atoms with Crippen LogP contribution < -0.4 is 10.9 Å². The average molecular weight is 434 g/mol. The molecule has 0 fully saturated rings. The Kier molecular flexibility index (Phi) is 6.47. The molecular weight excluding hydrogens is 417 g/mol. The third-order valence-electron chi connectivity index (χ3n) is 4.26. The van der Waals surface area contributed by atoms with Gasteiger partial charge in [-0.15, -0.1) is 0 Å². The van der Waals surface area contributed by atoms with Gasteiger partial charge >= 0.3 is 6.18 Å². The van der Waals surface area contributed by atoms with E-state index in [4.69, 9.17) is 5.11 Å². The number of pyridine rings is 1. The number of benzene rings is 1. The standard InChI is InChI=1S/C20H17F3N4O4/c21-20(22,23)13-5-3-12(4-6-13)17-8-16(18(30)25-10-15(29)11-28)19(31)27(26-17)14-2-1-7-24-9-14/h1-9,15,28-29H,10-11H2,(H,25,30)/t15-/m1/s1. The number of aromatic nitrogens is 3. The first-order chi connectivity index (χ1) is 14.7. The van der Waals surface area contributed by atoms with Gasteiger partial charge in [-0.2, -0.15) is 23.0 Å². The molecule has 3 aromatic rings. The summed E-state index contributed by atoms with van der Waals surface area (Å²) < 4.78 is 39.5. The summed E-state index contributed by atoms with van der Waals surface area (Å²) in [6, 6.07) is 8.32. The van der Waals surface area contributed by atoms with E-state index in [1.807, 2.05) is 0 Å². The average Bonchev–Trinajstić information content (AvgIpc) is 2.77. The Bertz CT molecular complexity index is 1120. The maximum absolute atomic E-state index is 12.9. The zero-order valence-corrected chi connectivity index (χ0v) is 15.9. The molecule has 2 heterocycles. The SMILES string of the molecule is O=C(NC[C@@H](O)CO)c1cc(-c2ccc(C(F)(F)F)cc2)nn(-c2cccnc2)c1=O. The first kappa shape index (κ1) is 22.1. The summed E-state index contributed by atoms with van der Waals surface area (Å²) in [5.74, 6) is -0.842. The Morgan fingerprint density at radius 2 is 1.90 bits per heavy atom. The fraction of sp³-hybridized carbons (Fsp3) is 0.200. The van der Waals surface area contributed by atoms with E-state index in [9.17, 15) is 27.9 Å². The van der Waals surface area contributed by atoms with Crippen LogP contribution in [0.1, 0.15) is 15.9 Å². The van der Waals surface area contributed by atoms with E-state index in [0.29, 0.717) is 0 Å². The molecule has 1 atom stereocenters. The zero-order chi connectivity index (χ0) is 22.6. The van der Waals surface area contributed by atoms with Crippen molar-refractivity contribution in [3.05, 3.63) is 76.3 Å². The summed E-state index contributed by atoms with van der Waals surface area (Å²) in [4.78, 5) is 29.3. The van der Waals surface area contributed by atoms with Gasteiger partial charge in [0.2, 0.25) is 0 Å². The van der Waals surface area contributed by atoms with Gasteiger partial charge in [-0.3, -0.25) is 14.6 Å². The van der Waals surface area contributed by atoms with Gasteiger partial charge in [0.25, 0.3) is 11.5 Å². The molecule has 0 saturated heterocycles. The van der Waals surface area contributed by atoms with Crippen LogP contribution in [-0.4, -0.2) is 50.1 Å². The normalized spacial score (nSPS) is 12.4. The topological polar surface area (TPSA) is 117 Å². The zero-order valence-electron chi connectivity index (χ0n) is 15.9. The molecule has 0 aliphatic heterocycles. The van der Waals surface area contributed by atoms with Crippen LogP contribution in [0.5, 0.6) is 0 Å². The highest BCUT2D eigenvalue weighted by Gasteiger charge is 2.30. The van der Waals surface area contributed by atoms with Crippen LogP contribution in [0.15, 0.2) is 59.7 Å². The Morgan fingerprint density at radius 3 is 2.48 bits per heavy atom. The number of aliphatic hydroxyl groups is 2. The van der Waals surface area contributed by atoms with Gasteiger partial charge < -0.3 is 15.5 Å². The van der Waals surface area contributed by atoms with Crippen LogP contribution in [0, 0.1) is 0 Å². The molecule has 0 radical (unpaired) electrons. The van der Waals surface area contributed by atoms with E-state index in [1.54, 1.807) is 6.07 Å². The largest absolute Gasteiger partial charge is 0.416 e. The van der Waals surface area contributed by atoms with Crippen molar-refractivity contribution in [2.24, 2.45) is 0 Å². The fourth-order valence-corrected chi connectivity index (χ4v) is 2.65. The minimum atomic E-state index is -4.51. The molecule has 162 valence electrons. The predicted octanol–water partition coefficient (Wildman–Crippen LogP) is 1.40. The molecule has 8 nitrogen and oxygen atoms in total. The predicted molar refractivity (Wildman–Crippen MR) is 103 cm³/mol. The molecule has 1 aromatic carbocycles. The number of hydrogen-bond acceptors (Lipinski definition) is 6. The van der Waals surface area contributed by atoms with Crippen LogP contribution in [0.25, 0.3) is 16.9 Å². The lowest BCUT2D eigenvalue weighted by molar-refractivity contribution is -0.137. The third-order valence-corrected chi connectivity index (χ3v) is 4.26. The summed E-state index contributed by atoms with van der Waals surface area (Å²) in [5.41, 5.74) is -1.43. The van der Waals surface area contributed by atoms with Gasteiger partial charge in [0.15, 0.2) is 0 Å². The molecule has 0 saturated carbocycles. The highest BCUT2D eigenvalue weighted by atomic mass is 19.4. The minimum absolute atomic E-state index is 0.0741. The number of amides is 1. The Hall–Kier alpha value is -3.57. The lowest BCUT2D eigenvalue weighted by atomic mass is 10.1. The van der Waals surface area contributed by atoms with Gasteiger partial charge in [0.1, 0.15) is 5.56 Å². The van der Waals surface area contributed by atoms with Crippen LogP contribution in [0.2, 0.25) is 0 Å². The summed E-state index contributed by atoms with van der Waals surface area (Å²) in [6.45, 7) is -0.896. The lowest BCUT2D eigenvalue weighted by Crippen LogP contribution is -2.38. The second-order valence-electron chi connectivity index (χ2n) is 6.49. The summed E-state index contributed by atoms with van der Waals surface area (Å²) in [6.07, 6.45) is -2.93. The first-order valence-corrected chi connectivity index (χ1v) is 9.00. The van der Waals surface area contributed by atoms with Gasteiger partial charge in [0.05, 0.1) is 35.9 Å². The third kappa shape index (κ3) is 5.13. The number of halogens is 3. The van der Waals surface area contributed by atoms with Gasteiger partial charge in [-0.05, 0) is 30.3 Å². The second-order valence-corrected chi connectivity index (χ2v) is 6.49. The highest BCUT2D eigenvalue weighted by Crippen LogP contribution is 2.30. The molecule has 31 heavy (non-hydrogen) atoms. The fourth-order valence-electron chi connectivity index (χ4n) is 2.65. The smallest absolute Gasteiger partial charge is 0.394 e. The molecule has 0 aliphatic carbocycles. The van der Waals surface area contributed by atoms with Crippen LogP contribution >= 0.6 is 0 Å². The van der Waals surface area contributed by atoms with Crippen molar-refractivity contribution in [1.82, 2.24) is 20.1 Å². The number of aliphatic hydroxyl groups excluding tert-OH is 2. The van der Waals surface area contributed by atoms with Crippen molar-refractivity contribution in [3.8, 4) is 16.9 Å². The number of carbonyl (C=O) groups is 1. The van der Waals surface area contributed by atoms with Gasteiger partial charge in [-0.25, -0.2) is 0 Å². The number of hydrogen-bond donors (Lipinski definition) is 3. The van der Waals surface area contributed by atoms with E-state index in [1.165, 1.54) is 30.6 Å². The summed E-state index contributed by atoms with van der Waals surface area (Å²) >= 11 is 0. The molecular formula is C20H17F3N4O4. The summed E-state index contributed by atoms with van der Waals surface area (Å²) in [5, 5.41) is 24.8. The number of nitrogens with one attached hydrogen (secondary N) is 1. The van der Waals surface area contributed by atoms with E-state index < -0.39 is 35.9 Å². The monoisotopic (exact) mass is 434 g/mol. The minimum Gasteiger partial charge on any atom is -0.394 e. The van der Waals surface area contributed by atoms with Crippen LogP contribution in [0.4, 0.5) is 13.2 Å². The van der Waals surface area contributed by atoms with E-state index in [2.05, 4.69) is 15.4 Å². The summed E-state index contributed by atoms with van der Waals surface area (Å²) in [7, 11) is 0. The quantitative estimate of drug-likeness (QED) is 0.540. The maximum Gasteiger partial charge on any atom is 0.416 e. The number of carbonyl (C=O) groups excluding carboxylic acids is 1. The molecule has 11 heteroatoms. The second kappa shape index (κ2) is 9.06. The van der Waals surface area contributed by atoms with Gasteiger partial charge in [0, 0.05) is 18.3 Å². The van der Waals surface area contributed by atoms with Gasteiger partial charge in [-0.1, -0.05) is 12.1 Å². The Morgan fingerprint density at radius 1 is 1.19 bits per heavy atom. The van der Waals surface area contributed by atoms with E-state index >= 15 is 0 Å². The van der Waals surface area contributed by atoms with Crippen molar-refractivity contribution in [1.29, 1.82) is 0 Å². The van der Waals surface area contributed by atoms with E-state index in [0.717, 1.165) is 22.9 Å². The number of rotatable bonds is 6. The first-order valence-electron chi connectivity index (χ1n) is 9.00. The van der Waals surface area contributed by atoms with Crippen LogP contribution in [-0.2, 0) is 6.18 Å². The molecule has 1 amide bonds. The lowest BCUT2D eigenvalue weighted by Gasteiger charge is -2.13. The maximum atomic E-state index is 12.9. The van der Waals surface area contributed by atoms with Crippen molar-refractivity contribution >= 4 is 5.91 Å². The molecule has 0 bridgehead atoms. The Labute approximate surface area is 173 Å².